The van der Waals surface area contributed by atoms with Gasteiger partial charge in [-0.1, -0.05) is 0 Å². The third kappa shape index (κ3) is 4.50. The van der Waals surface area contributed by atoms with Gasteiger partial charge >= 0.3 is 6.18 Å². The summed E-state index contributed by atoms with van der Waals surface area (Å²) in [6.07, 6.45) is -5.16. The van der Waals surface area contributed by atoms with Gasteiger partial charge in [-0.25, -0.2) is 18.7 Å². The highest BCUT2D eigenvalue weighted by Gasteiger charge is 2.33. The second-order valence-corrected chi connectivity index (χ2v) is 6.94. The Morgan fingerprint density at radius 3 is 2.45 bits per heavy atom. The molecule has 2 heterocycles. The van der Waals surface area contributed by atoms with E-state index in [0.29, 0.717) is 6.07 Å². The van der Waals surface area contributed by atoms with Crippen molar-refractivity contribution in [1.82, 2.24) is 14.5 Å². The molecule has 29 heavy (non-hydrogen) atoms. The number of aliphatic hydroxyl groups is 1. The standard InChI is InChI=1S/C18H15F5N4O2/c1-17(2,29)8-14(28)26-16-24-11-5-6-13(18(21,22)23)25-15(11)27(16)12-7-9(19)3-4-10(12)20/h3-7,29H,8H2,1-2H3,(H,24,26,28). The minimum atomic E-state index is -4.78. The number of carbonyl (C=O) groups excluding carboxylic acids is 1. The molecule has 0 atom stereocenters. The van der Waals surface area contributed by atoms with Crippen molar-refractivity contribution in [3.63, 3.8) is 0 Å². The van der Waals surface area contributed by atoms with E-state index in [0.717, 1.165) is 28.8 Å². The molecule has 2 N–H and O–H groups in total. The number of carbonyl (C=O) groups is 1. The highest BCUT2D eigenvalue weighted by atomic mass is 19.4. The van der Waals surface area contributed by atoms with E-state index >= 15 is 0 Å². The van der Waals surface area contributed by atoms with Crippen LogP contribution in [0, 0.1) is 11.6 Å². The third-order valence-electron chi connectivity index (χ3n) is 3.79. The van der Waals surface area contributed by atoms with Gasteiger partial charge in [0.2, 0.25) is 11.9 Å². The summed E-state index contributed by atoms with van der Waals surface area (Å²) in [5, 5.41) is 12.1. The maximum absolute atomic E-state index is 14.4. The number of nitrogens with zero attached hydrogens (tertiary/aromatic N) is 3. The molecular weight excluding hydrogens is 399 g/mol. The molecule has 2 aromatic heterocycles. The average Bonchev–Trinajstić information content (AvgIpc) is 2.91. The van der Waals surface area contributed by atoms with Gasteiger partial charge in [-0.15, -0.1) is 0 Å². The Morgan fingerprint density at radius 2 is 1.83 bits per heavy atom. The number of benzene rings is 1. The number of hydrogen-bond acceptors (Lipinski definition) is 4. The molecule has 0 saturated carbocycles. The Morgan fingerprint density at radius 1 is 1.14 bits per heavy atom. The van der Waals surface area contributed by atoms with E-state index < -0.39 is 46.3 Å². The number of halogens is 5. The fraction of sp³-hybridized carbons (Fsp3) is 0.278. The van der Waals surface area contributed by atoms with Crippen LogP contribution in [0.5, 0.6) is 0 Å². The predicted octanol–water partition coefficient (Wildman–Crippen LogP) is 3.82. The Hall–Kier alpha value is -3.08. The number of anilines is 1. The van der Waals surface area contributed by atoms with Crippen LogP contribution < -0.4 is 5.32 Å². The number of hydrogen-bond donors (Lipinski definition) is 2. The number of amides is 1. The molecule has 6 nitrogen and oxygen atoms in total. The molecule has 0 aliphatic rings. The van der Waals surface area contributed by atoms with Crippen LogP contribution >= 0.6 is 0 Å². The van der Waals surface area contributed by atoms with Crippen molar-refractivity contribution < 1.29 is 31.9 Å². The molecule has 0 radical (unpaired) electrons. The van der Waals surface area contributed by atoms with E-state index in [1.165, 1.54) is 13.8 Å². The summed E-state index contributed by atoms with van der Waals surface area (Å²) in [4.78, 5) is 19.6. The van der Waals surface area contributed by atoms with Gasteiger partial charge in [0, 0.05) is 6.07 Å². The summed E-state index contributed by atoms with van der Waals surface area (Å²) < 4.78 is 68.1. The van der Waals surface area contributed by atoms with Gasteiger partial charge in [0.1, 0.15) is 22.8 Å². The number of nitrogens with one attached hydrogen (secondary N) is 1. The van der Waals surface area contributed by atoms with Gasteiger partial charge in [0.05, 0.1) is 17.7 Å². The minimum Gasteiger partial charge on any atom is -0.390 e. The fourth-order valence-electron chi connectivity index (χ4n) is 2.65. The number of rotatable bonds is 4. The molecule has 0 aliphatic carbocycles. The molecule has 0 bridgehead atoms. The largest absolute Gasteiger partial charge is 0.433 e. The second-order valence-electron chi connectivity index (χ2n) is 6.94. The van der Waals surface area contributed by atoms with E-state index in [1.807, 2.05) is 0 Å². The van der Waals surface area contributed by atoms with Gasteiger partial charge in [-0.05, 0) is 38.1 Å². The van der Waals surface area contributed by atoms with Gasteiger partial charge in [-0.2, -0.15) is 13.2 Å². The highest BCUT2D eigenvalue weighted by molar-refractivity contribution is 5.92. The van der Waals surface area contributed by atoms with Gasteiger partial charge in [0.25, 0.3) is 0 Å². The first-order chi connectivity index (χ1) is 13.3. The van der Waals surface area contributed by atoms with Crippen molar-refractivity contribution in [2.75, 3.05) is 5.32 Å². The topological polar surface area (TPSA) is 80.0 Å². The minimum absolute atomic E-state index is 0.0831. The second kappa shape index (κ2) is 7.07. The fourth-order valence-corrected chi connectivity index (χ4v) is 2.65. The first kappa shape index (κ1) is 20.6. The van der Waals surface area contributed by atoms with Crippen LogP contribution in [0.15, 0.2) is 30.3 Å². The lowest BCUT2D eigenvalue weighted by molar-refractivity contribution is -0.141. The molecule has 154 valence electrons. The third-order valence-corrected chi connectivity index (χ3v) is 3.79. The van der Waals surface area contributed by atoms with Crippen LogP contribution in [-0.4, -0.2) is 31.1 Å². The molecule has 0 unspecified atom stereocenters. The Balaban J connectivity index is 2.22. The maximum atomic E-state index is 14.4. The summed E-state index contributed by atoms with van der Waals surface area (Å²) >= 11 is 0. The Bertz CT molecular complexity index is 1090. The molecule has 1 aromatic carbocycles. The predicted molar refractivity (Wildman–Crippen MR) is 93.3 cm³/mol. The smallest absolute Gasteiger partial charge is 0.390 e. The summed E-state index contributed by atoms with van der Waals surface area (Å²) in [6.45, 7) is 2.75. The van der Waals surface area contributed by atoms with Crippen molar-refractivity contribution in [3.05, 3.63) is 47.7 Å². The maximum Gasteiger partial charge on any atom is 0.433 e. The molecule has 1 amide bonds. The monoisotopic (exact) mass is 414 g/mol. The number of aromatic nitrogens is 3. The summed E-state index contributed by atoms with van der Waals surface area (Å²) in [7, 11) is 0. The molecule has 0 aliphatic heterocycles. The zero-order chi connectivity index (χ0) is 21.6. The van der Waals surface area contributed by atoms with Gasteiger partial charge in [0.15, 0.2) is 5.65 Å². The summed E-state index contributed by atoms with van der Waals surface area (Å²) in [5.41, 5.74) is -3.65. The van der Waals surface area contributed by atoms with Crippen LogP contribution in [0.1, 0.15) is 26.0 Å². The van der Waals surface area contributed by atoms with Crippen molar-refractivity contribution in [2.24, 2.45) is 0 Å². The zero-order valence-corrected chi connectivity index (χ0v) is 15.2. The number of imidazole rings is 1. The highest BCUT2D eigenvalue weighted by Crippen LogP contribution is 2.32. The van der Waals surface area contributed by atoms with E-state index in [9.17, 15) is 31.9 Å². The van der Waals surface area contributed by atoms with Crippen LogP contribution in [0.3, 0.4) is 0 Å². The van der Waals surface area contributed by atoms with Gasteiger partial charge < -0.3 is 5.11 Å². The molecule has 3 rings (SSSR count). The van der Waals surface area contributed by atoms with Gasteiger partial charge in [-0.3, -0.25) is 14.7 Å². The normalized spacial score (nSPS) is 12.4. The SMILES string of the molecule is CC(C)(O)CC(=O)Nc1nc2ccc(C(F)(F)F)nc2n1-c1cc(F)ccc1F. The van der Waals surface area contributed by atoms with Crippen molar-refractivity contribution in [3.8, 4) is 5.69 Å². The lowest BCUT2D eigenvalue weighted by Crippen LogP contribution is -2.28. The lowest BCUT2D eigenvalue weighted by Gasteiger charge is -2.16. The van der Waals surface area contributed by atoms with Crippen LogP contribution in [0.25, 0.3) is 16.9 Å². The molecule has 0 fully saturated rings. The van der Waals surface area contributed by atoms with Crippen molar-refractivity contribution in [2.45, 2.75) is 32.0 Å². The number of fused-ring (bicyclic) bond motifs is 1. The first-order valence-corrected chi connectivity index (χ1v) is 8.29. The first-order valence-electron chi connectivity index (χ1n) is 8.29. The molecule has 0 saturated heterocycles. The molecule has 3 aromatic rings. The Labute approximate surface area is 161 Å². The molecule has 0 spiro atoms. The zero-order valence-electron chi connectivity index (χ0n) is 15.2. The van der Waals surface area contributed by atoms with E-state index in [4.69, 9.17) is 0 Å². The summed E-state index contributed by atoms with van der Waals surface area (Å²) in [6, 6.07) is 4.05. The lowest BCUT2D eigenvalue weighted by atomic mass is 10.1. The van der Waals surface area contributed by atoms with E-state index in [-0.39, 0.29) is 17.9 Å². The molecule has 11 heteroatoms. The summed E-state index contributed by atoms with van der Waals surface area (Å²) in [5.74, 6) is -2.93. The average molecular weight is 414 g/mol. The van der Waals surface area contributed by atoms with Crippen LogP contribution in [0.4, 0.5) is 27.9 Å². The van der Waals surface area contributed by atoms with Crippen molar-refractivity contribution in [1.29, 1.82) is 0 Å². The van der Waals surface area contributed by atoms with Crippen molar-refractivity contribution >= 4 is 23.0 Å². The van der Waals surface area contributed by atoms with E-state index in [2.05, 4.69) is 15.3 Å². The Kier molecular flexibility index (Phi) is 5.03. The van der Waals surface area contributed by atoms with E-state index in [1.54, 1.807) is 0 Å². The molecular formula is C18H15F5N4O2. The van der Waals surface area contributed by atoms with Crippen LogP contribution in [-0.2, 0) is 11.0 Å². The van der Waals surface area contributed by atoms with Crippen LogP contribution in [0.2, 0.25) is 0 Å². The number of alkyl halides is 3. The number of pyridine rings is 1. The quantitative estimate of drug-likeness (QED) is 0.637.